The molecule has 0 radical (unpaired) electrons. The molecular weight excluding hydrogens is 338 g/mol. The van der Waals surface area contributed by atoms with Crippen LogP contribution >= 0.6 is 0 Å². The van der Waals surface area contributed by atoms with Gasteiger partial charge in [-0.15, -0.1) is 0 Å². The number of carbonyl (C=O) groups is 1. The summed E-state index contributed by atoms with van der Waals surface area (Å²) in [5.41, 5.74) is 0. The van der Waals surface area contributed by atoms with Gasteiger partial charge >= 0.3 is 5.97 Å². The van der Waals surface area contributed by atoms with Crippen LogP contribution in [0.25, 0.3) is 0 Å². The average molecular weight is 385 g/mol. The van der Waals surface area contributed by atoms with Crippen LogP contribution in [0.3, 0.4) is 0 Å². The minimum absolute atomic E-state index is 0.268. The number of quaternary nitrogens is 1. The molecule has 0 aromatic rings. The van der Waals surface area contributed by atoms with E-state index in [0.717, 1.165) is 23.9 Å². The number of carbonyl (C=O) groups excluding carboxylic acids is 1. The SMILES string of the molecule is CCCCCCCCCCCCCC/C(=C/OCC[N+](C)(C)C)OC(C)=O. The van der Waals surface area contributed by atoms with Crippen LogP contribution in [-0.2, 0) is 14.3 Å². The van der Waals surface area contributed by atoms with E-state index in [0.29, 0.717) is 12.4 Å². The van der Waals surface area contributed by atoms with Gasteiger partial charge in [0.15, 0.2) is 0 Å². The lowest BCUT2D eigenvalue weighted by Crippen LogP contribution is -2.37. The van der Waals surface area contributed by atoms with Crippen LogP contribution in [0, 0.1) is 0 Å². The fourth-order valence-electron chi connectivity index (χ4n) is 2.94. The molecule has 0 saturated heterocycles. The summed E-state index contributed by atoms with van der Waals surface area (Å²) in [7, 11) is 6.39. The van der Waals surface area contributed by atoms with Crippen LogP contribution in [0.5, 0.6) is 0 Å². The molecule has 0 heterocycles. The van der Waals surface area contributed by atoms with E-state index in [2.05, 4.69) is 28.1 Å². The third kappa shape index (κ3) is 21.1. The largest absolute Gasteiger partial charge is 0.492 e. The van der Waals surface area contributed by atoms with Gasteiger partial charge in [0.1, 0.15) is 25.2 Å². The van der Waals surface area contributed by atoms with Gasteiger partial charge < -0.3 is 14.0 Å². The highest BCUT2D eigenvalue weighted by molar-refractivity contribution is 5.67. The van der Waals surface area contributed by atoms with Crippen molar-refractivity contribution >= 4 is 5.97 Å². The molecule has 160 valence electrons. The number of hydrogen-bond donors (Lipinski definition) is 0. The number of rotatable bonds is 18. The van der Waals surface area contributed by atoms with E-state index in [4.69, 9.17) is 9.47 Å². The van der Waals surface area contributed by atoms with E-state index in [9.17, 15) is 4.79 Å². The quantitative estimate of drug-likeness (QED) is 0.122. The third-order valence-corrected chi connectivity index (χ3v) is 4.65. The Morgan fingerprint density at radius 3 is 1.74 bits per heavy atom. The average Bonchev–Trinajstić information content (AvgIpc) is 2.58. The number of hydrogen-bond acceptors (Lipinski definition) is 3. The second kappa shape index (κ2) is 17.1. The molecule has 0 aromatic carbocycles. The lowest BCUT2D eigenvalue weighted by molar-refractivity contribution is -0.870. The molecule has 0 fully saturated rings. The first kappa shape index (κ1) is 26.0. The molecule has 0 rings (SSSR count). The first-order valence-electron chi connectivity index (χ1n) is 11.1. The van der Waals surface area contributed by atoms with Gasteiger partial charge in [-0.1, -0.05) is 77.6 Å². The molecule has 0 aliphatic carbocycles. The Labute approximate surface area is 168 Å². The van der Waals surface area contributed by atoms with Gasteiger partial charge in [0, 0.05) is 13.3 Å². The number of unbranched alkanes of at least 4 members (excludes halogenated alkanes) is 11. The maximum absolute atomic E-state index is 11.2. The Hall–Kier alpha value is -1.03. The van der Waals surface area contributed by atoms with Gasteiger partial charge in [0.25, 0.3) is 0 Å². The first-order chi connectivity index (χ1) is 12.8. The Kier molecular flexibility index (Phi) is 16.4. The van der Waals surface area contributed by atoms with Crippen molar-refractivity contribution < 1.29 is 18.8 Å². The molecule has 0 N–H and O–H groups in total. The molecule has 4 heteroatoms. The smallest absolute Gasteiger partial charge is 0.307 e. The zero-order valence-corrected chi connectivity index (χ0v) is 18.9. The lowest BCUT2D eigenvalue weighted by atomic mass is 10.0. The van der Waals surface area contributed by atoms with Gasteiger partial charge in [0.05, 0.1) is 21.1 Å². The molecule has 0 aromatic heterocycles. The Balaban J connectivity index is 3.71. The Morgan fingerprint density at radius 2 is 1.30 bits per heavy atom. The summed E-state index contributed by atoms with van der Waals surface area (Å²) >= 11 is 0. The highest BCUT2D eigenvalue weighted by atomic mass is 16.6. The summed E-state index contributed by atoms with van der Waals surface area (Å²) in [6, 6.07) is 0. The Bertz CT molecular complexity index is 386. The third-order valence-electron chi connectivity index (χ3n) is 4.65. The summed E-state index contributed by atoms with van der Waals surface area (Å²) in [6.45, 7) is 5.27. The molecule has 0 spiro atoms. The van der Waals surface area contributed by atoms with Gasteiger partial charge in [0.2, 0.25) is 0 Å². The van der Waals surface area contributed by atoms with Crippen molar-refractivity contribution in [3.63, 3.8) is 0 Å². The summed E-state index contributed by atoms with van der Waals surface area (Å²) < 4.78 is 11.7. The maximum Gasteiger partial charge on any atom is 0.307 e. The number of allylic oxidation sites excluding steroid dienone is 1. The Morgan fingerprint density at radius 1 is 0.815 bits per heavy atom. The van der Waals surface area contributed by atoms with Crippen molar-refractivity contribution in [2.45, 2.75) is 97.3 Å². The van der Waals surface area contributed by atoms with Crippen molar-refractivity contribution in [1.29, 1.82) is 0 Å². The van der Waals surface area contributed by atoms with E-state index in [-0.39, 0.29) is 5.97 Å². The topological polar surface area (TPSA) is 35.5 Å². The summed E-state index contributed by atoms with van der Waals surface area (Å²) in [5, 5.41) is 0. The predicted molar refractivity (Wildman–Crippen MR) is 114 cm³/mol. The summed E-state index contributed by atoms with van der Waals surface area (Å²) in [6.07, 6.45) is 18.3. The fourth-order valence-corrected chi connectivity index (χ4v) is 2.94. The normalized spacial score (nSPS) is 12.3. The molecule has 0 unspecified atom stereocenters. The van der Waals surface area contributed by atoms with E-state index in [1.54, 1.807) is 6.26 Å². The lowest BCUT2D eigenvalue weighted by Gasteiger charge is -2.23. The second-order valence-corrected chi connectivity index (χ2v) is 8.70. The molecular formula is C23H46NO3+. The van der Waals surface area contributed by atoms with E-state index in [1.807, 2.05) is 0 Å². The number of nitrogens with zero attached hydrogens (tertiary/aromatic N) is 1. The summed E-state index contributed by atoms with van der Waals surface area (Å²) in [5.74, 6) is 0.395. The summed E-state index contributed by atoms with van der Waals surface area (Å²) in [4.78, 5) is 11.2. The molecule has 0 aliphatic heterocycles. The van der Waals surface area contributed by atoms with Crippen molar-refractivity contribution in [2.24, 2.45) is 0 Å². The van der Waals surface area contributed by atoms with Crippen molar-refractivity contribution in [1.82, 2.24) is 0 Å². The molecule has 0 amide bonds. The monoisotopic (exact) mass is 384 g/mol. The second-order valence-electron chi connectivity index (χ2n) is 8.70. The van der Waals surface area contributed by atoms with Gasteiger partial charge in [-0.2, -0.15) is 0 Å². The number of ether oxygens (including phenoxy) is 2. The maximum atomic E-state index is 11.2. The first-order valence-corrected chi connectivity index (χ1v) is 11.1. The highest BCUT2D eigenvalue weighted by Gasteiger charge is 2.07. The van der Waals surface area contributed by atoms with E-state index < -0.39 is 0 Å². The van der Waals surface area contributed by atoms with E-state index >= 15 is 0 Å². The minimum Gasteiger partial charge on any atom is -0.492 e. The molecule has 27 heavy (non-hydrogen) atoms. The van der Waals surface area contributed by atoms with Crippen LogP contribution < -0.4 is 0 Å². The van der Waals surface area contributed by atoms with Gasteiger partial charge in [-0.3, -0.25) is 4.79 Å². The van der Waals surface area contributed by atoms with Crippen LogP contribution in [0.2, 0.25) is 0 Å². The molecule has 4 nitrogen and oxygen atoms in total. The zero-order chi connectivity index (χ0) is 20.4. The minimum atomic E-state index is -0.268. The van der Waals surface area contributed by atoms with Crippen LogP contribution in [0.1, 0.15) is 97.3 Å². The molecule has 0 saturated carbocycles. The van der Waals surface area contributed by atoms with E-state index in [1.165, 1.54) is 77.6 Å². The molecule has 0 atom stereocenters. The van der Waals surface area contributed by atoms with Crippen molar-refractivity contribution in [3.8, 4) is 0 Å². The van der Waals surface area contributed by atoms with Crippen LogP contribution in [0.4, 0.5) is 0 Å². The van der Waals surface area contributed by atoms with Crippen LogP contribution in [-0.4, -0.2) is 44.7 Å². The zero-order valence-electron chi connectivity index (χ0n) is 18.9. The standard InChI is InChI=1S/C23H46NO3/c1-6-7-8-9-10-11-12-13-14-15-16-17-18-23(27-22(2)25)21-26-20-19-24(3,4)5/h21H,6-20H2,1-5H3/q+1/b23-21-. The molecule has 0 aliphatic rings. The number of esters is 1. The van der Waals surface area contributed by atoms with Crippen molar-refractivity contribution in [2.75, 3.05) is 34.3 Å². The highest BCUT2D eigenvalue weighted by Crippen LogP contribution is 2.15. The number of likely N-dealkylation sites (N-methyl/N-ethyl adjacent to an activating group) is 1. The van der Waals surface area contributed by atoms with Crippen molar-refractivity contribution in [3.05, 3.63) is 12.0 Å². The van der Waals surface area contributed by atoms with Crippen LogP contribution in [0.15, 0.2) is 12.0 Å². The fraction of sp³-hybridized carbons (Fsp3) is 0.870. The van der Waals surface area contributed by atoms with Gasteiger partial charge in [-0.05, 0) is 6.42 Å². The molecule has 0 bridgehead atoms. The predicted octanol–water partition coefficient (Wildman–Crippen LogP) is 6.20. The van der Waals surface area contributed by atoms with Gasteiger partial charge in [-0.25, -0.2) is 0 Å².